The average Bonchev–Trinajstić information content (AvgIpc) is 2.13. The number of ether oxygens (including phenoxy) is 1. The molecule has 0 radical (unpaired) electrons. The van der Waals surface area contributed by atoms with E-state index in [4.69, 9.17) is 10.00 Å². The van der Waals surface area contributed by atoms with Crippen molar-refractivity contribution in [3.8, 4) is 6.07 Å². The Morgan fingerprint density at radius 3 is 2.50 bits per heavy atom. The van der Waals surface area contributed by atoms with Gasteiger partial charge in [-0.25, -0.2) is 0 Å². The molecular formula is C8H12BF3NOS2-. The van der Waals surface area contributed by atoms with Crippen molar-refractivity contribution in [1.29, 1.82) is 5.26 Å². The van der Waals surface area contributed by atoms with Gasteiger partial charge in [0, 0.05) is 6.42 Å². The van der Waals surface area contributed by atoms with E-state index in [1.807, 2.05) is 0 Å². The second kappa shape index (κ2) is 6.35. The van der Waals surface area contributed by atoms with Crippen LogP contribution in [0.3, 0.4) is 0 Å². The van der Waals surface area contributed by atoms with Crippen LogP contribution in [0, 0.1) is 11.3 Å². The van der Waals surface area contributed by atoms with Crippen LogP contribution < -0.4 is 0 Å². The van der Waals surface area contributed by atoms with Gasteiger partial charge in [-0.3, -0.25) is 0 Å². The van der Waals surface area contributed by atoms with Gasteiger partial charge in [-0.05, 0) is 30.2 Å². The van der Waals surface area contributed by atoms with Gasteiger partial charge in [-0.2, -0.15) is 5.26 Å². The van der Waals surface area contributed by atoms with Crippen LogP contribution in [-0.4, -0.2) is 22.6 Å². The Labute approximate surface area is 103 Å². The van der Waals surface area contributed by atoms with Crippen LogP contribution in [-0.2, 0) is 4.74 Å². The summed E-state index contributed by atoms with van der Waals surface area (Å²) in [7, 11) is 0. The van der Waals surface area contributed by atoms with E-state index in [0.717, 1.165) is 6.92 Å². The van der Waals surface area contributed by atoms with Crippen molar-refractivity contribution in [2.24, 2.45) is 0 Å². The van der Waals surface area contributed by atoms with Crippen molar-refractivity contribution in [1.82, 2.24) is 0 Å². The fourth-order valence-electron chi connectivity index (χ4n) is 0.923. The van der Waals surface area contributed by atoms with E-state index in [-0.39, 0.29) is 23.8 Å². The number of hydrogen-bond acceptors (Lipinski definition) is 4. The second-order valence-electron chi connectivity index (χ2n) is 3.33. The highest BCUT2D eigenvalue weighted by Gasteiger charge is 2.47. The third-order valence-electron chi connectivity index (χ3n) is 2.00. The summed E-state index contributed by atoms with van der Waals surface area (Å²) in [6, 6.07) is 1.71. The zero-order chi connectivity index (χ0) is 12.8. The van der Waals surface area contributed by atoms with E-state index < -0.39 is 11.6 Å². The van der Waals surface area contributed by atoms with Crippen LogP contribution in [0.15, 0.2) is 0 Å². The highest BCUT2D eigenvalue weighted by molar-refractivity contribution is 8.24. The maximum Gasteiger partial charge on any atom is 0.494 e. The molecule has 1 atom stereocenters. The van der Waals surface area contributed by atoms with E-state index in [1.54, 1.807) is 13.0 Å². The van der Waals surface area contributed by atoms with Gasteiger partial charge in [0.1, 0.15) is 0 Å². The number of nitrogens with zero attached hydrogens (tertiary/aromatic N) is 1. The summed E-state index contributed by atoms with van der Waals surface area (Å²) in [5.41, 5.74) is 0. The molecule has 2 nitrogen and oxygen atoms in total. The molecular weight excluding hydrogens is 258 g/mol. The normalized spacial score (nSPS) is 15.0. The summed E-state index contributed by atoms with van der Waals surface area (Å²) in [6.07, 6.45) is -0.426. The maximum absolute atomic E-state index is 12.8. The van der Waals surface area contributed by atoms with Gasteiger partial charge >= 0.3 is 6.98 Å². The highest BCUT2D eigenvalue weighted by Crippen LogP contribution is 2.42. The van der Waals surface area contributed by atoms with Crippen molar-refractivity contribution in [2.45, 2.75) is 31.3 Å². The molecule has 0 saturated heterocycles. The Kier molecular flexibility index (Phi) is 6.19. The average molecular weight is 270 g/mol. The molecule has 8 heteroatoms. The third-order valence-corrected chi connectivity index (χ3v) is 3.59. The summed E-state index contributed by atoms with van der Waals surface area (Å²) < 4.78 is 41.2. The van der Waals surface area contributed by atoms with Gasteiger partial charge in [0.05, 0.1) is 12.7 Å². The molecule has 0 unspecified atom stereocenters. The third kappa shape index (κ3) is 4.62. The molecule has 0 fully saturated rings. The summed E-state index contributed by atoms with van der Waals surface area (Å²) in [5.74, 6) is 0. The molecule has 0 aromatic carbocycles. The Hall–Kier alpha value is -0.415. The number of rotatable bonds is 5. The van der Waals surface area contributed by atoms with Gasteiger partial charge in [0.25, 0.3) is 0 Å². The monoisotopic (exact) mass is 270 g/mol. The lowest BCUT2D eigenvalue weighted by Crippen LogP contribution is -2.45. The quantitative estimate of drug-likeness (QED) is 0.565. The lowest BCUT2D eigenvalue weighted by Gasteiger charge is -2.37. The lowest BCUT2D eigenvalue weighted by molar-refractivity contribution is 0.345. The van der Waals surface area contributed by atoms with Crippen molar-refractivity contribution >= 4 is 35.3 Å². The van der Waals surface area contributed by atoms with Crippen LogP contribution in [0.25, 0.3) is 0 Å². The molecule has 0 aliphatic heterocycles. The molecule has 0 amide bonds. The van der Waals surface area contributed by atoms with Gasteiger partial charge in [-0.1, -0.05) is 6.92 Å². The molecule has 0 aromatic heterocycles. The Morgan fingerprint density at radius 2 is 2.12 bits per heavy atom. The lowest BCUT2D eigenvalue weighted by atomic mass is 9.70. The summed E-state index contributed by atoms with van der Waals surface area (Å²) in [5, 5.41) is 8.35. The van der Waals surface area contributed by atoms with E-state index >= 15 is 0 Å². The first-order valence-electron chi connectivity index (χ1n) is 4.69. The van der Waals surface area contributed by atoms with Gasteiger partial charge in [0.2, 0.25) is 4.38 Å². The number of thioether (sulfide) groups is 1. The van der Waals surface area contributed by atoms with E-state index in [1.165, 1.54) is 0 Å². The molecule has 92 valence electrons. The number of thiocarbonyl (C=S) groups is 1. The fraction of sp³-hybridized carbons (Fsp3) is 0.750. The largest absolute Gasteiger partial charge is 0.494 e. The van der Waals surface area contributed by atoms with Gasteiger partial charge in [-0.15, -0.1) is 11.8 Å². The van der Waals surface area contributed by atoms with E-state index in [9.17, 15) is 12.9 Å². The number of halogens is 3. The first-order chi connectivity index (χ1) is 7.27. The van der Waals surface area contributed by atoms with Gasteiger partial charge < -0.3 is 17.7 Å². The summed E-state index contributed by atoms with van der Waals surface area (Å²) >= 11 is 5.17. The number of nitriles is 1. The first kappa shape index (κ1) is 15.6. The highest BCUT2D eigenvalue weighted by atomic mass is 32.2. The van der Waals surface area contributed by atoms with Crippen molar-refractivity contribution in [3.63, 3.8) is 0 Å². The molecule has 0 heterocycles. The minimum atomic E-state index is -5.08. The van der Waals surface area contributed by atoms with Crippen molar-refractivity contribution < 1.29 is 17.7 Å². The molecule has 0 N–H and O–H groups in total. The van der Waals surface area contributed by atoms with E-state index in [0.29, 0.717) is 11.8 Å². The first-order valence-corrected chi connectivity index (χ1v) is 5.91. The van der Waals surface area contributed by atoms with Crippen LogP contribution in [0.2, 0.25) is 0 Å². The molecule has 0 saturated carbocycles. The molecule has 0 aliphatic carbocycles. The maximum atomic E-state index is 12.8. The zero-order valence-corrected chi connectivity index (χ0v) is 10.6. The SMILES string of the molecule is CCOC(=S)S[C@](C)(CCC#N)[B-](F)(F)F. The van der Waals surface area contributed by atoms with Crippen molar-refractivity contribution in [3.05, 3.63) is 0 Å². The standard InChI is InChI=1S/C8H12BF3NOS2/c1-3-14-7(15)16-8(2,5-4-6-13)9(10,11)12/h3-5H2,1-2H3/q-1/t8-/m1/s1. The smallest absolute Gasteiger partial charge is 0.479 e. The molecule has 0 rings (SSSR count). The predicted octanol–water partition coefficient (Wildman–Crippen LogP) is 3.49. The van der Waals surface area contributed by atoms with Crippen LogP contribution in [0.5, 0.6) is 0 Å². The molecule has 16 heavy (non-hydrogen) atoms. The van der Waals surface area contributed by atoms with Crippen LogP contribution >= 0.6 is 24.0 Å². The second-order valence-corrected chi connectivity index (χ2v) is 5.47. The molecule has 0 spiro atoms. The zero-order valence-electron chi connectivity index (χ0n) is 9.00. The minimum Gasteiger partial charge on any atom is -0.479 e. The summed E-state index contributed by atoms with van der Waals surface area (Å²) in [6.45, 7) is -2.14. The Bertz CT molecular complexity index is 292. The van der Waals surface area contributed by atoms with Gasteiger partial charge in [0.15, 0.2) is 0 Å². The fourth-order valence-corrected chi connectivity index (χ4v) is 2.51. The van der Waals surface area contributed by atoms with Crippen LogP contribution in [0.1, 0.15) is 26.7 Å². The van der Waals surface area contributed by atoms with Crippen LogP contribution in [0.4, 0.5) is 12.9 Å². The van der Waals surface area contributed by atoms with E-state index in [2.05, 4.69) is 12.2 Å². The number of hydrogen-bond donors (Lipinski definition) is 0. The minimum absolute atomic E-state index is 0.123. The molecule has 0 aliphatic rings. The topological polar surface area (TPSA) is 33.0 Å². The molecule has 0 aromatic rings. The van der Waals surface area contributed by atoms with Crippen molar-refractivity contribution in [2.75, 3.05) is 6.61 Å². The predicted molar refractivity (Wildman–Crippen MR) is 64.1 cm³/mol. The molecule has 0 bridgehead atoms. The Balaban J connectivity index is 4.68. The summed E-state index contributed by atoms with van der Waals surface area (Å²) in [4.78, 5) is 0. The Morgan fingerprint density at radius 1 is 1.56 bits per heavy atom.